The van der Waals surface area contributed by atoms with E-state index in [2.05, 4.69) is 21.8 Å². The average Bonchev–Trinajstić information content (AvgIpc) is 2.77. The Hall–Kier alpha value is -2.41. The van der Waals surface area contributed by atoms with Crippen LogP contribution >= 0.6 is 0 Å². The van der Waals surface area contributed by atoms with Gasteiger partial charge in [-0.2, -0.15) is 10.4 Å². The molecule has 1 aromatic carbocycles. The van der Waals surface area contributed by atoms with Crippen LogP contribution in [0.15, 0.2) is 24.8 Å². The van der Waals surface area contributed by atoms with E-state index in [-0.39, 0.29) is 5.57 Å². The van der Waals surface area contributed by atoms with Crippen LogP contribution in [0.2, 0.25) is 0 Å². The number of nitriles is 1. The summed E-state index contributed by atoms with van der Waals surface area (Å²) in [6, 6.07) is 7.97. The lowest BCUT2D eigenvalue weighted by atomic mass is 10.0. The summed E-state index contributed by atoms with van der Waals surface area (Å²) in [4.78, 5) is 4.28. The maximum absolute atomic E-state index is 8.74. The Balaban J connectivity index is 2.52. The molecule has 0 aliphatic carbocycles. The van der Waals surface area contributed by atoms with Crippen LogP contribution < -0.4 is 0 Å². The van der Waals surface area contributed by atoms with Crippen molar-refractivity contribution < 1.29 is 0 Å². The summed E-state index contributed by atoms with van der Waals surface area (Å²) in [6.07, 6.45) is 0. The molecule has 84 valence electrons. The minimum atomic E-state index is 0.287. The molecule has 0 amide bonds. The fourth-order valence-electron chi connectivity index (χ4n) is 1.73. The lowest BCUT2D eigenvalue weighted by Gasteiger charge is -2.04. The highest BCUT2D eigenvalue weighted by atomic mass is 15.2. The van der Waals surface area contributed by atoms with Gasteiger partial charge in [-0.1, -0.05) is 24.8 Å². The molecule has 2 aromatic rings. The number of aromatic nitrogens is 3. The van der Waals surface area contributed by atoms with Crippen LogP contribution in [0.1, 0.15) is 17.0 Å². The molecule has 1 aromatic heterocycles. The standard InChI is InChI=1S/C13H12N4/c1-8-5-4-6-9(2)11(8)13-15-12(16-17-13)10(3)7-14/h4-6H,3H2,1-2H3,(H,15,16,17). The normalized spacial score (nSPS) is 9.94. The average molecular weight is 224 g/mol. The van der Waals surface area contributed by atoms with Crippen LogP contribution in [0.25, 0.3) is 17.0 Å². The summed E-state index contributed by atoms with van der Waals surface area (Å²) < 4.78 is 0. The number of nitrogens with zero attached hydrogens (tertiary/aromatic N) is 3. The van der Waals surface area contributed by atoms with Gasteiger partial charge in [-0.25, -0.2) is 4.98 Å². The Morgan fingerprint density at radius 1 is 1.35 bits per heavy atom. The molecule has 0 saturated heterocycles. The lowest BCUT2D eigenvalue weighted by molar-refractivity contribution is 1.08. The molecule has 0 radical (unpaired) electrons. The third kappa shape index (κ3) is 1.95. The summed E-state index contributed by atoms with van der Waals surface area (Å²) in [6.45, 7) is 7.62. The van der Waals surface area contributed by atoms with E-state index in [1.165, 1.54) is 0 Å². The number of hydrogen-bond donors (Lipinski definition) is 1. The van der Waals surface area contributed by atoms with E-state index in [4.69, 9.17) is 5.26 Å². The molecule has 0 aliphatic rings. The van der Waals surface area contributed by atoms with Crippen molar-refractivity contribution in [2.45, 2.75) is 13.8 Å². The van der Waals surface area contributed by atoms with Gasteiger partial charge < -0.3 is 0 Å². The predicted octanol–water partition coefficient (Wildman–Crippen LogP) is 2.63. The van der Waals surface area contributed by atoms with Crippen molar-refractivity contribution in [1.29, 1.82) is 5.26 Å². The van der Waals surface area contributed by atoms with Gasteiger partial charge in [0.05, 0.1) is 5.57 Å². The van der Waals surface area contributed by atoms with Gasteiger partial charge in [-0.3, -0.25) is 5.10 Å². The first kappa shape index (κ1) is 11.1. The molecular weight excluding hydrogens is 212 g/mol. The molecule has 17 heavy (non-hydrogen) atoms. The van der Waals surface area contributed by atoms with Crippen molar-refractivity contribution in [2.24, 2.45) is 0 Å². The van der Waals surface area contributed by atoms with Crippen molar-refractivity contribution in [3.63, 3.8) is 0 Å². The molecule has 0 fully saturated rings. The van der Waals surface area contributed by atoms with Gasteiger partial charge in [0.2, 0.25) is 0 Å². The molecule has 0 atom stereocenters. The first-order valence-electron chi connectivity index (χ1n) is 5.22. The van der Waals surface area contributed by atoms with Crippen LogP contribution in [0.3, 0.4) is 0 Å². The van der Waals surface area contributed by atoms with E-state index in [9.17, 15) is 0 Å². The lowest BCUT2D eigenvalue weighted by Crippen LogP contribution is -1.89. The summed E-state index contributed by atoms with van der Waals surface area (Å²) in [7, 11) is 0. The molecule has 2 rings (SSSR count). The van der Waals surface area contributed by atoms with Gasteiger partial charge in [0, 0.05) is 5.56 Å². The predicted molar refractivity (Wildman–Crippen MR) is 65.9 cm³/mol. The monoisotopic (exact) mass is 224 g/mol. The van der Waals surface area contributed by atoms with E-state index in [0.717, 1.165) is 16.7 Å². The second-order valence-electron chi connectivity index (χ2n) is 3.86. The topological polar surface area (TPSA) is 65.4 Å². The fraction of sp³-hybridized carbons (Fsp3) is 0.154. The maximum atomic E-state index is 8.74. The molecule has 0 bridgehead atoms. The molecule has 0 unspecified atom stereocenters. The molecular formula is C13H12N4. The Morgan fingerprint density at radius 3 is 2.59 bits per heavy atom. The van der Waals surface area contributed by atoms with Crippen LogP contribution in [0, 0.1) is 25.2 Å². The molecule has 0 spiro atoms. The van der Waals surface area contributed by atoms with Crippen molar-refractivity contribution >= 4 is 5.57 Å². The molecule has 0 saturated carbocycles. The molecule has 4 nitrogen and oxygen atoms in total. The van der Waals surface area contributed by atoms with Crippen molar-refractivity contribution in [3.8, 4) is 17.5 Å². The highest BCUT2D eigenvalue weighted by Gasteiger charge is 2.12. The zero-order valence-corrected chi connectivity index (χ0v) is 9.78. The smallest absolute Gasteiger partial charge is 0.182 e. The first-order valence-corrected chi connectivity index (χ1v) is 5.22. The van der Waals surface area contributed by atoms with E-state index >= 15 is 0 Å². The molecule has 0 aliphatic heterocycles. The number of benzene rings is 1. The number of aryl methyl sites for hydroxylation is 2. The number of allylic oxidation sites excluding steroid dienone is 1. The minimum absolute atomic E-state index is 0.287. The second kappa shape index (κ2) is 4.22. The zero-order valence-electron chi connectivity index (χ0n) is 9.78. The number of H-pyrrole nitrogens is 1. The van der Waals surface area contributed by atoms with E-state index in [1.807, 2.05) is 38.1 Å². The van der Waals surface area contributed by atoms with E-state index in [0.29, 0.717) is 11.6 Å². The molecule has 1 N–H and O–H groups in total. The summed E-state index contributed by atoms with van der Waals surface area (Å²) in [5.74, 6) is 1.03. The van der Waals surface area contributed by atoms with Gasteiger partial charge in [0.1, 0.15) is 6.07 Å². The largest absolute Gasteiger partial charge is 0.258 e. The van der Waals surface area contributed by atoms with Gasteiger partial charge in [0.15, 0.2) is 11.6 Å². The Kier molecular flexibility index (Phi) is 2.75. The molecule has 1 heterocycles. The quantitative estimate of drug-likeness (QED) is 0.797. The van der Waals surface area contributed by atoms with Gasteiger partial charge in [-0.15, -0.1) is 0 Å². The van der Waals surface area contributed by atoms with Gasteiger partial charge in [-0.05, 0) is 25.0 Å². The zero-order chi connectivity index (χ0) is 12.4. The van der Waals surface area contributed by atoms with Crippen molar-refractivity contribution in [3.05, 3.63) is 41.7 Å². The van der Waals surface area contributed by atoms with Crippen LogP contribution in [-0.2, 0) is 0 Å². The summed E-state index contributed by atoms with van der Waals surface area (Å²) in [5.41, 5.74) is 3.51. The second-order valence-corrected chi connectivity index (χ2v) is 3.86. The van der Waals surface area contributed by atoms with E-state index < -0.39 is 0 Å². The number of nitrogens with one attached hydrogen (secondary N) is 1. The SMILES string of the molecule is C=C(C#N)c1nc(-c2c(C)cccc2C)n[nH]1. The van der Waals surface area contributed by atoms with Crippen LogP contribution in [0.5, 0.6) is 0 Å². The number of aromatic amines is 1. The number of rotatable bonds is 2. The Morgan fingerprint density at radius 2 is 2.00 bits per heavy atom. The highest BCUT2D eigenvalue weighted by molar-refractivity contribution is 5.72. The fourth-order valence-corrected chi connectivity index (χ4v) is 1.73. The van der Waals surface area contributed by atoms with Gasteiger partial charge >= 0.3 is 0 Å². The van der Waals surface area contributed by atoms with Crippen LogP contribution in [-0.4, -0.2) is 15.2 Å². The van der Waals surface area contributed by atoms with Crippen LogP contribution in [0.4, 0.5) is 0 Å². The van der Waals surface area contributed by atoms with Crippen molar-refractivity contribution in [1.82, 2.24) is 15.2 Å². The summed E-state index contributed by atoms with van der Waals surface area (Å²) in [5, 5.41) is 15.6. The third-order valence-corrected chi connectivity index (χ3v) is 2.61. The summed E-state index contributed by atoms with van der Waals surface area (Å²) >= 11 is 0. The van der Waals surface area contributed by atoms with Gasteiger partial charge in [0.25, 0.3) is 0 Å². The number of hydrogen-bond acceptors (Lipinski definition) is 3. The van der Waals surface area contributed by atoms with E-state index in [1.54, 1.807) is 0 Å². The van der Waals surface area contributed by atoms with Crippen molar-refractivity contribution in [2.75, 3.05) is 0 Å². The maximum Gasteiger partial charge on any atom is 0.182 e. The highest BCUT2D eigenvalue weighted by Crippen LogP contribution is 2.24. The minimum Gasteiger partial charge on any atom is -0.258 e. The Bertz CT molecular complexity index is 596. The first-order chi connectivity index (χ1) is 8.13. The third-order valence-electron chi connectivity index (χ3n) is 2.61. The Labute approximate surface area is 99.6 Å². The molecule has 4 heteroatoms.